The highest BCUT2D eigenvalue weighted by Crippen LogP contribution is 2.37. The van der Waals surface area contributed by atoms with Crippen LogP contribution in [-0.4, -0.2) is 56.4 Å². The van der Waals surface area contributed by atoms with E-state index in [4.69, 9.17) is 4.74 Å². The molecule has 2 heterocycles. The molecule has 0 spiro atoms. The van der Waals surface area contributed by atoms with Crippen LogP contribution in [0, 0.1) is 11.3 Å². The summed E-state index contributed by atoms with van der Waals surface area (Å²) in [6.45, 7) is 4.99. The zero-order valence-corrected chi connectivity index (χ0v) is 19.7. The van der Waals surface area contributed by atoms with Crippen LogP contribution in [0.15, 0.2) is 29.2 Å². The van der Waals surface area contributed by atoms with Gasteiger partial charge in [-0.05, 0) is 36.2 Å². The third kappa shape index (κ3) is 4.48. The number of nitrogens with zero attached hydrogens (tertiary/aromatic N) is 3. The van der Waals surface area contributed by atoms with E-state index in [0.717, 1.165) is 10.4 Å². The minimum absolute atomic E-state index is 0.116. The van der Waals surface area contributed by atoms with Gasteiger partial charge in [0.05, 0.1) is 24.1 Å². The van der Waals surface area contributed by atoms with E-state index in [1.807, 2.05) is 0 Å². The molecule has 2 amide bonds. The lowest BCUT2D eigenvalue weighted by Gasteiger charge is -2.25. The first-order valence-electron chi connectivity index (χ1n) is 10.1. The zero-order chi connectivity index (χ0) is 23.5. The molecule has 1 aliphatic heterocycles. The third-order valence-electron chi connectivity index (χ3n) is 5.29. The number of rotatable bonds is 6. The SMILES string of the molecule is CCN(CC)S(=O)(=O)c1ccc(C(=O)Nc2sc3c(c2C#N)CCN(C(=O)OC)C3)cc1. The number of ether oxygens (including phenoxy) is 1. The van der Waals surface area contributed by atoms with Crippen molar-refractivity contribution in [1.82, 2.24) is 9.21 Å². The van der Waals surface area contributed by atoms with Crippen LogP contribution >= 0.6 is 11.3 Å². The first-order chi connectivity index (χ1) is 15.3. The Bertz CT molecular complexity index is 1160. The van der Waals surface area contributed by atoms with Gasteiger partial charge in [-0.3, -0.25) is 4.79 Å². The van der Waals surface area contributed by atoms with Crippen LogP contribution in [-0.2, 0) is 27.7 Å². The molecule has 0 bridgehead atoms. The van der Waals surface area contributed by atoms with Crippen LogP contribution in [0.5, 0.6) is 0 Å². The molecular formula is C21H24N4O5S2. The van der Waals surface area contributed by atoms with Crippen molar-refractivity contribution in [2.24, 2.45) is 0 Å². The minimum Gasteiger partial charge on any atom is -0.453 e. The largest absolute Gasteiger partial charge is 0.453 e. The van der Waals surface area contributed by atoms with E-state index in [-0.39, 0.29) is 10.5 Å². The van der Waals surface area contributed by atoms with Crippen molar-refractivity contribution in [2.45, 2.75) is 31.7 Å². The number of amides is 2. The number of benzene rings is 1. The highest BCUT2D eigenvalue weighted by atomic mass is 32.2. The molecule has 11 heteroatoms. The van der Waals surface area contributed by atoms with Crippen molar-refractivity contribution >= 4 is 38.4 Å². The molecule has 170 valence electrons. The fourth-order valence-corrected chi connectivity index (χ4v) is 6.23. The molecule has 0 unspecified atom stereocenters. The van der Waals surface area contributed by atoms with E-state index >= 15 is 0 Å². The molecule has 1 aliphatic rings. The predicted molar refractivity (Wildman–Crippen MR) is 120 cm³/mol. The Balaban J connectivity index is 1.80. The Kier molecular flexibility index (Phi) is 7.18. The highest BCUT2D eigenvalue weighted by molar-refractivity contribution is 7.89. The third-order valence-corrected chi connectivity index (χ3v) is 8.48. The molecule has 32 heavy (non-hydrogen) atoms. The topological polar surface area (TPSA) is 120 Å². The van der Waals surface area contributed by atoms with Crippen molar-refractivity contribution < 1.29 is 22.7 Å². The van der Waals surface area contributed by atoms with Gasteiger partial charge in [0.25, 0.3) is 5.91 Å². The summed E-state index contributed by atoms with van der Waals surface area (Å²) in [5.41, 5.74) is 1.49. The Morgan fingerprint density at radius 3 is 2.47 bits per heavy atom. The van der Waals surface area contributed by atoms with Crippen LogP contribution < -0.4 is 5.32 Å². The fourth-order valence-electron chi connectivity index (χ4n) is 3.56. The molecule has 0 saturated carbocycles. The summed E-state index contributed by atoms with van der Waals surface area (Å²) in [5, 5.41) is 12.8. The molecule has 1 aromatic carbocycles. The number of fused-ring (bicyclic) bond motifs is 1. The Hall–Kier alpha value is -2.94. The molecule has 3 rings (SSSR count). The molecule has 0 fully saturated rings. The van der Waals surface area contributed by atoms with E-state index in [1.165, 1.54) is 47.0 Å². The van der Waals surface area contributed by atoms with E-state index in [1.54, 1.807) is 18.7 Å². The number of nitriles is 1. The van der Waals surface area contributed by atoms with E-state index in [0.29, 0.717) is 43.2 Å². The van der Waals surface area contributed by atoms with Gasteiger partial charge in [0.1, 0.15) is 11.1 Å². The maximum Gasteiger partial charge on any atom is 0.409 e. The highest BCUT2D eigenvalue weighted by Gasteiger charge is 2.28. The summed E-state index contributed by atoms with van der Waals surface area (Å²) in [5.74, 6) is -0.447. The number of sulfonamides is 1. The molecule has 0 atom stereocenters. The lowest BCUT2D eigenvalue weighted by molar-refractivity contribution is 0.102. The van der Waals surface area contributed by atoms with Gasteiger partial charge in [-0.25, -0.2) is 13.2 Å². The van der Waals surface area contributed by atoms with Crippen LogP contribution in [0.3, 0.4) is 0 Å². The van der Waals surface area contributed by atoms with E-state index in [9.17, 15) is 23.3 Å². The molecule has 9 nitrogen and oxygen atoms in total. The Morgan fingerprint density at radius 2 is 1.91 bits per heavy atom. The van der Waals surface area contributed by atoms with Crippen molar-refractivity contribution in [3.05, 3.63) is 45.8 Å². The smallest absolute Gasteiger partial charge is 0.409 e. The van der Waals surface area contributed by atoms with Gasteiger partial charge in [-0.2, -0.15) is 9.57 Å². The van der Waals surface area contributed by atoms with Crippen molar-refractivity contribution in [2.75, 3.05) is 32.1 Å². The maximum absolute atomic E-state index is 12.8. The second kappa shape index (κ2) is 9.68. The number of hydrogen-bond acceptors (Lipinski definition) is 7. The van der Waals surface area contributed by atoms with Crippen molar-refractivity contribution in [3.63, 3.8) is 0 Å². The summed E-state index contributed by atoms with van der Waals surface area (Å²) >= 11 is 1.25. The molecule has 2 aromatic rings. The van der Waals surface area contributed by atoms with Gasteiger partial charge in [-0.1, -0.05) is 13.8 Å². The number of methoxy groups -OCH3 is 1. The van der Waals surface area contributed by atoms with Gasteiger partial charge in [-0.15, -0.1) is 11.3 Å². The second-order valence-electron chi connectivity index (χ2n) is 7.03. The monoisotopic (exact) mass is 476 g/mol. The first kappa shape index (κ1) is 23.7. The fraction of sp³-hybridized carbons (Fsp3) is 0.381. The van der Waals surface area contributed by atoms with Crippen molar-refractivity contribution in [3.8, 4) is 6.07 Å². The molecule has 1 N–H and O–H groups in total. The Morgan fingerprint density at radius 1 is 1.25 bits per heavy atom. The molecule has 1 aromatic heterocycles. The number of carbonyl (C=O) groups is 2. The quantitative estimate of drug-likeness (QED) is 0.684. The number of nitrogens with one attached hydrogen (secondary N) is 1. The first-order valence-corrected chi connectivity index (χ1v) is 12.3. The second-order valence-corrected chi connectivity index (χ2v) is 10.1. The molecule has 0 radical (unpaired) electrons. The standard InChI is InChI=1S/C21H24N4O5S2/c1-4-25(5-2)32(28,29)15-8-6-14(7-9-15)19(26)23-20-17(12-22)16-10-11-24(21(27)30-3)13-18(16)31-20/h6-9H,4-5,10-11,13H2,1-3H3,(H,23,26). The number of carbonyl (C=O) groups excluding carboxylic acids is 2. The summed E-state index contributed by atoms with van der Waals surface area (Å²) in [6.07, 6.45) is 0.0605. The molecule has 0 saturated heterocycles. The molecule has 0 aliphatic carbocycles. The van der Waals surface area contributed by atoms with Crippen LogP contribution in [0.4, 0.5) is 9.80 Å². The lowest BCUT2D eigenvalue weighted by atomic mass is 10.0. The van der Waals surface area contributed by atoms with E-state index < -0.39 is 22.0 Å². The van der Waals surface area contributed by atoms with Crippen LogP contribution in [0.2, 0.25) is 0 Å². The Labute approximate surface area is 191 Å². The average molecular weight is 477 g/mol. The average Bonchev–Trinajstić information content (AvgIpc) is 3.15. The van der Waals surface area contributed by atoms with Gasteiger partial charge in [0, 0.05) is 30.1 Å². The molecular weight excluding hydrogens is 452 g/mol. The summed E-state index contributed by atoms with van der Waals surface area (Å²) in [7, 11) is -2.30. The zero-order valence-electron chi connectivity index (χ0n) is 18.0. The van der Waals surface area contributed by atoms with Crippen molar-refractivity contribution in [1.29, 1.82) is 5.26 Å². The number of hydrogen-bond donors (Lipinski definition) is 1. The van der Waals surface area contributed by atoms with Gasteiger partial charge >= 0.3 is 6.09 Å². The lowest BCUT2D eigenvalue weighted by Crippen LogP contribution is -2.35. The van der Waals surface area contributed by atoms with E-state index in [2.05, 4.69) is 11.4 Å². The normalized spacial score (nSPS) is 13.4. The van der Waals surface area contributed by atoms with Crippen LogP contribution in [0.1, 0.15) is 40.2 Å². The number of anilines is 1. The number of thiophene rings is 1. The summed E-state index contributed by atoms with van der Waals surface area (Å²) < 4.78 is 31.3. The van der Waals surface area contributed by atoms with Gasteiger partial charge < -0.3 is 15.0 Å². The predicted octanol–water partition coefficient (Wildman–Crippen LogP) is 3.03. The van der Waals surface area contributed by atoms with Crippen LogP contribution in [0.25, 0.3) is 0 Å². The summed E-state index contributed by atoms with van der Waals surface area (Å²) in [6, 6.07) is 7.85. The summed E-state index contributed by atoms with van der Waals surface area (Å²) in [4.78, 5) is 27.1. The minimum atomic E-state index is -3.61. The van der Waals surface area contributed by atoms with Gasteiger partial charge in [0.15, 0.2) is 0 Å². The maximum atomic E-state index is 12.8. The van der Waals surface area contributed by atoms with Gasteiger partial charge in [0.2, 0.25) is 10.0 Å².